The van der Waals surface area contributed by atoms with Crippen molar-refractivity contribution in [2.45, 2.75) is 129 Å². The molecule has 1 aromatic carbocycles. The Balaban J connectivity index is 1.33. The van der Waals surface area contributed by atoms with Gasteiger partial charge in [0.05, 0.1) is 34.5 Å². The predicted octanol–water partition coefficient (Wildman–Crippen LogP) is 8.19. The number of allylic oxidation sites excluding steroid dienone is 3. The molecule has 52 heavy (non-hydrogen) atoms. The van der Waals surface area contributed by atoms with Gasteiger partial charge in [-0.15, -0.1) is 0 Å². The second-order valence-corrected chi connectivity index (χ2v) is 19.2. The molecule has 1 amide bonds. The predicted molar refractivity (Wildman–Crippen MR) is 206 cm³/mol. The van der Waals surface area contributed by atoms with Crippen LogP contribution in [0.25, 0.3) is 16.5 Å². The number of hydrogen-bond acceptors (Lipinski definition) is 5. The first-order valence-electron chi connectivity index (χ1n) is 19.4. The molecule has 2 fully saturated rings. The summed E-state index contributed by atoms with van der Waals surface area (Å²) in [5.41, 5.74) is 6.50. The van der Waals surface area contributed by atoms with Crippen molar-refractivity contribution >= 4 is 28.2 Å². The smallest absolute Gasteiger partial charge is 0.248 e. The molecule has 2 saturated carbocycles. The maximum Gasteiger partial charge on any atom is 0.248 e. The number of fused-ring (bicyclic) bond motifs is 11. The van der Waals surface area contributed by atoms with E-state index < -0.39 is 34.9 Å². The number of ether oxygens (including phenoxy) is 1. The Morgan fingerprint density at radius 1 is 1.06 bits per heavy atom. The number of aromatic nitrogens is 1. The maximum absolute atomic E-state index is 14.9. The minimum atomic E-state index is -0.851. The summed E-state index contributed by atoms with van der Waals surface area (Å²) in [6, 6.07) is 1.78. The van der Waals surface area contributed by atoms with E-state index in [-0.39, 0.29) is 34.4 Å². The lowest BCUT2D eigenvalue weighted by Crippen LogP contribution is -2.62. The van der Waals surface area contributed by atoms with Crippen molar-refractivity contribution in [1.82, 2.24) is 9.47 Å². The topological polar surface area (TPSA) is 92.0 Å². The molecule has 1 aromatic heterocycles. The van der Waals surface area contributed by atoms with Crippen LogP contribution in [0.15, 0.2) is 48.1 Å². The normalized spacial score (nSPS) is 38.1. The number of Topliss-reactive ketones (excluding diaryl/α,β-unsaturated/α-hetero) is 1. The first-order chi connectivity index (χ1) is 24.1. The lowest BCUT2D eigenvalue weighted by molar-refractivity contribution is -0.144. The third-order valence-electron chi connectivity index (χ3n) is 15.2. The van der Waals surface area contributed by atoms with E-state index in [1.807, 2.05) is 26.0 Å². The average molecular weight is 707 g/mol. The van der Waals surface area contributed by atoms with Crippen LogP contribution in [-0.2, 0) is 21.4 Å². The van der Waals surface area contributed by atoms with Gasteiger partial charge in [-0.25, -0.2) is 0 Å². The fraction of sp³-hybridized carbons (Fsp3) is 0.600. The van der Waals surface area contributed by atoms with Crippen LogP contribution in [0.2, 0.25) is 0 Å². The van der Waals surface area contributed by atoms with Gasteiger partial charge in [-0.2, -0.15) is 0 Å². The molecule has 9 atom stereocenters. The summed E-state index contributed by atoms with van der Waals surface area (Å²) in [5, 5.41) is 25.1. The van der Waals surface area contributed by atoms with Crippen LogP contribution in [0.5, 0.6) is 0 Å². The van der Waals surface area contributed by atoms with Crippen molar-refractivity contribution in [2.24, 2.45) is 28.6 Å². The highest BCUT2D eigenvalue weighted by atomic mass is 16.5. The third kappa shape index (κ3) is 4.30. The fourth-order valence-electron chi connectivity index (χ4n) is 12.9. The summed E-state index contributed by atoms with van der Waals surface area (Å²) >= 11 is 0. The molecule has 0 radical (unpaired) electrons. The zero-order valence-electron chi connectivity index (χ0n) is 33.1. The Kier molecular flexibility index (Phi) is 7.51. The van der Waals surface area contributed by atoms with Crippen LogP contribution in [0.4, 0.5) is 0 Å². The molecule has 7 nitrogen and oxygen atoms in total. The molecule has 8 rings (SSSR count). The SMILES string of the molecule is C=C(C)[C@H]1C(=O)c2c3c(cc4c5c(n1c24)[C@@]1(C)C(CC[C@H]2[C@](C)(/C=C/C=C(\C)C(=O)N(C)C)[C@@H](O)CC[C@@]21C)C5)C1=CC(C)(C)OC(C)(C)C1[C@@H]3O. The summed E-state index contributed by atoms with van der Waals surface area (Å²) in [7, 11) is 3.52. The number of rotatable bonds is 4. The van der Waals surface area contributed by atoms with Gasteiger partial charge in [-0.05, 0) is 120 Å². The molecule has 2 aromatic rings. The Bertz CT molecular complexity index is 2070. The van der Waals surface area contributed by atoms with Crippen LogP contribution in [-0.4, -0.2) is 62.8 Å². The molecule has 0 bridgehead atoms. The molecular formula is C45H58N2O5. The Labute approximate surface area is 309 Å². The minimum absolute atomic E-state index is 0.0239. The molecule has 278 valence electrons. The second-order valence-electron chi connectivity index (χ2n) is 19.2. The second kappa shape index (κ2) is 10.9. The van der Waals surface area contributed by atoms with Crippen molar-refractivity contribution in [3.05, 3.63) is 76.0 Å². The highest BCUT2D eigenvalue weighted by Gasteiger charge is 2.67. The van der Waals surface area contributed by atoms with E-state index >= 15 is 0 Å². The lowest BCUT2D eigenvalue weighted by Gasteiger charge is -2.64. The van der Waals surface area contributed by atoms with Gasteiger partial charge in [0.15, 0.2) is 5.78 Å². The Morgan fingerprint density at radius 2 is 1.75 bits per heavy atom. The van der Waals surface area contributed by atoms with Gasteiger partial charge < -0.3 is 24.4 Å². The van der Waals surface area contributed by atoms with Gasteiger partial charge in [-0.3, -0.25) is 9.59 Å². The lowest BCUT2D eigenvalue weighted by atomic mass is 9.40. The molecule has 2 aliphatic heterocycles. The first-order valence-corrected chi connectivity index (χ1v) is 19.4. The van der Waals surface area contributed by atoms with Crippen LogP contribution in [0.3, 0.4) is 0 Å². The van der Waals surface area contributed by atoms with Crippen molar-refractivity contribution in [1.29, 1.82) is 0 Å². The zero-order chi connectivity index (χ0) is 37.8. The third-order valence-corrected chi connectivity index (χ3v) is 15.2. The van der Waals surface area contributed by atoms with E-state index in [0.717, 1.165) is 58.9 Å². The van der Waals surface area contributed by atoms with Crippen molar-refractivity contribution in [3.63, 3.8) is 0 Å². The van der Waals surface area contributed by atoms with Crippen LogP contribution < -0.4 is 0 Å². The van der Waals surface area contributed by atoms with Gasteiger partial charge in [0.1, 0.15) is 6.04 Å². The van der Waals surface area contributed by atoms with Gasteiger partial charge in [-0.1, -0.05) is 51.2 Å². The van der Waals surface area contributed by atoms with Crippen LogP contribution in [0, 0.1) is 28.6 Å². The number of benzene rings is 1. The van der Waals surface area contributed by atoms with Crippen LogP contribution in [0.1, 0.15) is 133 Å². The monoisotopic (exact) mass is 706 g/mol. The molecule has 6 aliphatic rings. The number of ketones is 1. The largest absolute Gasteiger partial charge is 0.392 e. The van der Waals surface area contributed by atoms with Gasteiger partial charge in [0.2, 0.25) is 5.91 Å². The zero-order valence-corrected chi connectivity index (χ0v) is 33.1. The number of likely N-dealkylation sites (N-methyl/N-ethyl adjacent to an activating group) is 1. The van der Waals surface area contributed by atoms with E-state index in [0.29, 0.717) is 23.5 Å². The number of hydrogen-bond donors (Lipinski definition) is 2. The standard InChI is InChI=1S/C45H58N2O5/c1-23(2)35-38(50)33-32-26(29-22-41(4,5)52-42(6,7)34(29)37(32)49)21-27-28-20-25-15-16-30-43(8,18-13-14-24(3)40(51)46(11)12)31(48)17-19-44(30,9)45(25,10)39(28)47(35)36(27)33/h13-14,18,21-22,25,30-31,34-35,37,48-49H,1,15-17,19-20H2,2-12H3/b18-13+,24-14+/t25?,30-,31-,34?,35-,37+,43-,44-,45+/m0/s1. The molecule has 2 unspecified atom stereocenters. The van der Waals surface area contributed by atoms with Crippen molar-refractivity contribution in [3.8, 4) is 0 Å². The fourth-order valence-corrected chi connectivity index (χ4v) is 12.9. The minimum Gasteiger partial charge on any atom is -0.392 e. The summed E-state index contributed by atoms with van der Waals surface area (Å²) in [6.07, 6.45) is 11.4. The number of amides is 1. The highest BCUT2D eigenvalue weighted by Crippen LogP contribution is 2.71. The van der Waals surface area contributed by atoms with E-state index in [2.05, 4.69) is 77.8 Å². The molecule has 4 aliphatic carbocycles. The Hall–Kier alpha value is -3.26. The summed E-state index contributed by atoms with van der Waals surface area (Å²) in [5.74, 6) is 0.321. The van der Waals surface area contributed by atoms with Gasteiger partial charge in [0, 0.05) is 53.1 Å². The van der Waals surface area contributed by atoms with E-state index in [9.17, 15) is 19.8 Å². The number of aliphatic hydroxyl groups is 2. The average Bonchev–Trinajstić information content (AvgIpc) is 3.71. The molecule has 2 N–H and O–H groups in total. The van der Waals surface area contributed by atoms with E-state index in [1.165, 1.54) is 11.3 Å². The van der Waals surface area contributed by atoms with Gasteiger partial charge >= 0.3 is 0 Å². The first kappa shape index (κ1) is 35.8. The number of carbonyl (C=O) groups is 2. The van der Waals surface area contributed by atoms with Gasteiger partial charge in [0.25, 0.3) is 0 Å². The molecular weight excluding hydrogens is 649 g/mol. The summed E-state index contributed by atoms with van der Waals surface area (Å²) in [6.45, 7) is 23.6. The number of carbonyl (C=O) groups excluding carboxylic acids is 2. The van der Waals surface area contributed by atoms with E-state index in [1.54, 1.807) is 19.0 Å². The molecule has 3 heterocycles. The molecule has 0 spiro atoms. The summed E-state index contributed by atoms with van der Waals surface area (Å²) in [4.78, 5) is 29.1. The van der Waals surface area contributed by atoms with E-state index in [4.69, 9.17) is 4.74 Å². The highest BCUT2D eigenvalue weighted by molar-refractivity contribution is 6.18. The number of nitrogens with zero attached hydrogens (tertiary/aromatic N) is 2. The van der Waals surface area contributed by atoms with Crippen molar-refractivity contribution in [2.75, 3.05) is 14.1 Å². The van der Waals surface area contributed by atoms with Crippen LogP contribution >= 0.6 is 0 Å². The summed E-state index contributed by atoms with van der Waals surface area (Å²) < 4.78 is 8.90. The molecule has 0 saturated heterocycles. The number of aliphatic hydroxyl groups excluding tert-OH is 2. The Morgan fingerprint density at radius 3 is 2.40 bits per heavy atom. The molecule has 7 heteroatoms. The maximum atomic E-state index is 14.9. The quantitative estimate of drug-likeness (QED) is 0.190. The van der Waals surface area contributed by atoms with Crippen molar-refractivity contribution < 1.29 is 24.5 Å².